The lowest BCUT2D eigenvalue weighted by atomic mass is 9.94. The number of amides is 1. The maximum Gasteiger partial charge on any atom is 0.242 e. The third kappa shape index (κ3) is 5.83. The number of halogens is 2. The van der Waals surface area contributed by atoms with Crippen LogP contribution < -0.4 is 10.6 Å². The molecule has 7 heteroatoms. The molecular formula is C19H32Cl2N4O. The highest BCUT2D eigenvalue weighted by atomic mass is 35.5. The monoisotopic (exact) mass is 402 g/mol. The number of likely N-dealkylation sites (N-methyl/N-ethyl adjacent to an activating group) is 1. The molecule has 3 unspecified atom stereocenters. The van der Waals surface area contributed by atoms with Crippen LogP contribution in [-0.2, 0) is 4.79 Å². The maximum atomic E-state index is 13.1. The molecule has 3 rings (SSSR count). The number of piperidine rings is 1. The van der Waals surface area contributed by atoms with Crippen LogP contribution in [0.5, 0.6) is 0 Å². The van der Waals surface area contributed by atoms with Crippen molar-refractivity contribution in [3.05, 3.63) is 35.9 Å². The maximum absolute atomic E-state index is 13.1. The highest BCUT2D eigenvalue weighted by Gasteiger charge is 2.32. The van der Waals surface area contributed by atoms with Crippen LogP contribution >= 0.6 is 24.8 Å². The first kappa shape index (κ1) is 23.2. The van der Waals surface area contributed by atoms with Crippen molar-refractivity contribution < 1.29 is 4.79 Å². The number of benzene rings is 1. The van der Waals surface area contributed by atoms with E-state index in [0.717, 1.165) is 51.3 Å². The average molecular weight is 403 g/mol. The minimum Gasteiger partial charge on any atom is -0.350 e. The third-order valence-corrected chi connectivity index (χ3v) is 5.42. The van der Waals surface area contributed by atoms with Crippen LogP contribution in [0.2, 0.25) is 0 Å². The fraction of sp³-hybridized carbons (Fsp3) is 0.632. The van der Waals surface area contributed by atoms with E-state index in [9.17, 15) is 4.79 Å². The summed E-state index contributed by atoms with van der Waals surface area (Å²) >= 11 is 0. The topological polar surface area (TPSA) is 47.6 Å². The predicted molar refractivity (Wildman–Crippen MR) is 111 cm³/mol. The van der Waals surface area contributed by atoms with Crippen LogP contribution in [0.15, 0.2) is 30.3 Å². The average Bonchev–Trinajstić information content (AvgIpc) is 2.60. The lowest BCUT2D eigenvalue weighted by Crippen LogP contribution is -2.55. The minimum atomic E-state index is -0.186. The molecule has 0 spiro atoms. The molecule has 3 atom stereocenters. The first-order valence-electron chi connectivity index (χ1n) is 9.14. The summed E-state index contributed by atoms with van der Waals surface area (Å²) in [6, 6.07) is 10.2. The van der Waals surface area contributed by atoms with Gasteiger partial charge in [-0.25, -0.2) is 0 Å². The molecule has 2 saturated heterocycles. The van der Waals surface area contributed by atoms with E-state index in [1.807, 2.05) is 18.2 Å². The van der Waals surface area contributed by atoms with Crippen molar-refractivity contribution >= 4 is 30.7 Å². The standard InChI is InChI=1S/C19H30N4O.2ClH/c1-15-8-9-20-14-17(15)21-19(24)18(16-6-4-3-5-7-16)23-12-10-22(2)11-13-23;;/h3-7,15,17-18,20H,8-14H2,1-2H3,(H,21,24);2*1H. The van der Waals surface area contributed by atoms with Gasteiger partial charge in [0.1, 0.15) is 6.04 Å². The fourth-order valence-corrected chi connectivity index (χ4v) is 3.69. The number of nitrogens with zero attached hydrogens (tertiary/aromatic N) is 2. The molecule has 0 saturated carbocycles. The Bertz CT molecular complexity index is 538. The second-order valence-corrected chi connectivity index (χ2v) is 7.24. The van der Waals surface area contributed by atoms with Crippen molar-refractivity contribution in [2.45, 2.75) is 25.4 Å². The van der Waals surface area contributed by atoms with E-state index in [1.54, 1.807) is 0 Å². The van der Waals surface area contributed by atoms with Gasteiger partial charge in [-0.15, -0.1) is 24.8 Å². The molecule has 2 aliphatic heterocycles. The van der Waals surface area contributed by atoms with Crippen LogP contribution in [0.3, 0.4) is 0 Å². The molecule has 0 bridgehead atoms. The van der Waals surface area contributed by atoms with E-state index in [0.29, 0.717) is 5.92 Å². The molecule has 2 aliphatic rings. The second-order valence-electron chi connectivity index (χ2n) is 7.24. The zero-order valence-corrected chi connectivity index (χ0v) is 17.3. The molecule has 0 aliphatic carbocycles. The summed E-state index contributed by atoms with van der Waals surface area (Å²) in [6.45, 7) is 8.05. The summed E-state index contributed by atoms with van der Waals surface area (Å²) in [4.78, 5) is 17.8. The molecular weight excluding hydrogens is 371 g/mol. The predicted octanol–water partition coefficient (Wildman–Crippen LogP) is 1.93. The Morgan fingerprint density at radius 3 is 2.42 bits per heavy atom. The summed E-state index contributed by atoms with van der Waals surface area (Å²) in [5.41, 5.74) is 1.09. The number of hydrogen-bond donors (Lipinski definition) is 2. The van der Waals surface area contributed by atoms with Gasteiger partial charge in [0.15, 0.2) is 0 Å². The zero-order chi connectivity index (χ0) is 16.9. The van der Waals surface area contributed by atoms with E-state index in [4.69, 9.17) is 0 Å². The van der Waals surface area contributed by atoms with E-state index in [1.165, 1.54) is 0 Å². The lowest BCUT2D eigenvalue weighted by Gasteiger charge is -2.39. The highest BCUT2D eigenvalue weighted by Crippen LogP contribution is 2.23. The minimum absolute atomic E-state index is 0. The van der Waals surface area contributed by atoms with Crippen molar-refractivity contribution in [1.82, 2.24) is 20.4 Å². The van der Waals surface area contributed by atoms with Crippen LogP contribution in [0.25, 0.3) is 0 Å². The van der Waals surface area contributed by atoms with Crippen molar-refractivity contribution in [3.8, 4) is 0 Å². The van der Waals surface area contributed by atoms with Crippen LogP contribution in [0, 0.1) is 5.92 Å². The van der Waals surface area contributed by atoms with Gasteiger partial charge in [0.2, 0.25) is 5.91 Å². The molecule has 2 N–H and O–H groups in total. The van der Waals surface area contributed by atoms with Crippen molar-refractivity contribution in [2.24, 2.45) is 5.92 Å². The molecule has 1 aromatic rings. The summed E-state index contributed by atoms with van der Waals surface area (Å²) in [5, 5.41) is 6.72. The van der Waals surface area contributed by atoms with Crippen molar-refractivity contribution in [2.75, 3.05) is 46.3 Å². The van der Waals surface area contributed by atoms with Gasteiger partial charge in [0.25, 0.3) is 0 Å². The first-order valence-corrected chi connectivity index (χ1v) is 9.14. The summed E-state index contributed by atoms with van der Waals surface area (Å²) in [6.07, 6.45) is 1.12. The molecule has 2 fully saturated rings. The molecule has 148 valence electrons. The SMILES string of the molecule is CC1CCNCC1NC(=O)C(c1ccccc1)N1CCN(C)CC1.Cl.Cl. The smallest absolute Gasteiger partial charge is 0.242 e. The second kappa shape index (κ2) is 11.1. The van der Waals surface area contributed by atoms with Gasteiger partial charge in [-0.2, -0.15) is 0 Å². The number of rotatable bonds is 4. The normalized spacial score (nSPS) is 25.5. The summed E-state index contributed by atoms with van der Waals surface area (Å²) in [5.74, 6) is 0.672. The van der Waals surface area contributed by atoms with E-state index in [-0.39, 0.29) is 42.8 Å². The Morgan fingerprint density at radius 2 is 1.81 bits per heavy atom. The van der Waals surface area contributed by atoms with Gasteiger partial charge < -0.3 is 15.5 Å². The van der Waals surface area contributed by atoms with Gasteiger partial charge in [-0.3, -0.25) is 9.69 Å². The Hall–Kier alpha value is -0.850. The Balaban J connectivity index is 0.00000169. The largest absolute Gasteiger partial charge is 0.350 e. The van der Waals surface area contributed by atoms with E-state index in [2.05, 4.69) is 46.5 Å². The molecule has 1 amide bonds. The molecule has 5 nitrogen and oxygen atoms in total. The van der Waals surface area contributed by atoms with E-state index >= 15 is 0 Å². The first-order chi connectivity index (χ1) is 11.6. The molecule has 2 heterocycles. The van der Waals surface area contributed by atoms with Crippen LogP contribution in [-0.4, -0.2) is 68.1 Å². The van der Waals surface area contributed by atoms with Crippen molar-refractivity contribution in [3.63, 3.8) is 0 Å². The number of hydrogen-bond acceptors (Lipinski definition) is 4. The number of piperazine rings is 1. The molecule has 1 aromatic carbocycles. The Morgan fingerprint density at radius 1 is 1.15 bits per heavy atom. The van der Waals surface area contributed by atoms with E-state index < -0.39 is 0 Å². The van der Waals surface area contributed by atoms with Gasteiger partial charge in [0.05, 0.1) is 0 Å². The van der Waals surface area contributed by atoms with Gasteiger partial charge in [0, 0.05) is 38.8 Å². The quantitative estimate of drug-likeness (QED) is 0.807. The van der Waals surface area contributed by atoms with Gasteiger partial charge >= 0.3 is 0 Å². The fourth-order valence-electron chi connectivity index (χ4n) is 3.69. The van der Waals surface area contributed by atoms with Crippen LogP contribution in [0.1, 0.15) is 24.9 Å². The molecule has 0 aromatic heterocycles. The number of nitrogens with one attached hydrogen (secondary N) is 2. The Kier molecular flexibility index (Phi) is 9.90. The third-order valence-electron chi connectivity index (χ3n) is 5.42. The number of carbonyl (C=O) groups is 1. The number of carbonyl (C=O) groups excluding carboxylic acids is 1. The molecule has 0 radical (unpaired) electrons. The van der Waals surface area contributed by atoms with Crippen LogP contribution in [0.4, 0.5) is 0 Å². The summed E-state index contributed by atoms with van der Waals surface area (Å²) in [7, 11) is 2.14. The van der Waals surface area contributed by atoms with Gasteiger partial charge in [-0.05, 0) is 31.5 Å². The molecule has 26 heavy (non-hydrogen) atoms. The zero-order valence-electron chi connectivity index (χ0n) is 15.7. The van der Waals surface area contributed by atoms with Gasteiger partial charge in [-0.1, -0.05) is 37.3 Å². The lowest BCUT2D eigenvalue weighted by molar-refractivity contribution is -0.128. The highest BCUT2D eigenvalue weighted by molar-refractivity contribution is 5.85. The Labute approximate surface area is 169 Å². The van der Waals surface area contributed by atoms with Crippen molar-refractivity contribution in [1.29, 1.82) is 0 Å². The summed E-state index contributed by atoms with van der Waals surface area (Å²) < 4.78 is 0.